The van der Waals surface area contributed by atoms with Gasteiger partial charge in [0.1, 0.15) is 23.6 Å². The van der Waals surface area contributed by atoms with Gasteiger partial charge < -0.3 is 24.7 Å². The van der Waals surface area contributed by atoms with Crippen molar-refractivity contribution in [2.75, 3.05) is 7.11 Å². The minimum atomic E-state index is -0.382. The zero-order valence-corrected chi connectivity index (χ0v) is 14.0. The van der Waals surface area contributed by atoms with Gasteiger partial charge in [0.15, 0.2) is 0 Å². The van der Waals surface area contributed by atoms with Crippen LogP contribution in [0.1, 0.15) is 37.5 Å². The molecule has 0 aromatic carbocycles. The zero-order chi connectivity index (χ0) is 17.4. The maximum atomic E-state index is 11.4. The number of carbonyl (C=O) groups is 1. The quantitative estimate of drug-likeness (QED) is 0.676. The Morgan fingerprint density at radius 3 is 2.96 bits per heavy atom. The minimum Gasteiger partial charge on any atom is -0.453 e. The van der Waals surface area contributed by atoms with E-state index in [1.165, 1.54) is 7.11 Å². The number of imidazole rings is 1. The van der Waals surface area contributed by atoms with E-state index in [1.807, 2.05) is 12.3 Å². The molecule has 4 rings (SSSR count). The number of nitrogens with one attached hydrogen (secondary N) is 2. The van der Waals surface area contributed by atoms with Crippen LogP contribution in [0, 0.1) is 0 Å². The normalized spacial score (nSPS) is 20.9. The number of pyridine rings is 1. The Morgan fingerprint density at radius 2 is 2.24 bits per heavy atom. The van der Waals surface area contributed by atoms with Crippen LogP contribution in [0.3, 0.4) is 0 Å². The van der Waals surface area contributed by atoms with E-state index in [-0.39, 0.29) is 24.8 Å². The molecule has 3 aromatic heterocycles. The van der Waals surface area contributed by atoms with Crippen molar-refractivity contribution in [2.24, 2.45) is 0 Å². The Hall–Kier alpha value is -2.61. The number of aliphatic hydroxyl groups excluding tert-OH is 1. The first kappa shape index (κ1) is 15.9. The highest BCUT2D eigenvalue weighted by Crippen LogP contribution is 2.35. The SMILES string of the molecule is COC(=O)N[C@H]1CC[C@H](n2c(CO)nc3cnc4[nH]ccc4c32)CC1. The van der Waals surface area contributed by atoms with Gasteiger partial charge in [-0.05, 0) is 31.7 Å². The highest BCUT2D eigenvalue weighted by Gasteiger charge is 2.27. The summed E-state index contributed by atoms with van der Waals surface area (Å²) in [5.41, 5.74) is 2.63. The van der Waals surface area contributed by atoms with Gasteiger partial charge >= 0.3 is 6.09 Å². The number of methoxy groups -OCH3 is 1. The highest BCUT2D eigenvalue weighted by molar-refractivity contribution is 6.01. The first-order chi connectivity index (χ1) is 12.2. The van der Waals surface area contributed by atoms with E-state index in [2.05, 4.69) is 29.6 Å². The lowest BCUT2D eigenvalue weighted by Crippen LogP contribution is -2.38. The van der Waals surface area contributed by atoms with Gasteiger partial charge in [-0.15, -0.1) is 0 Å². The number of hydrogen-bond donors (Lipinski definition) is 3. The Labute approximate surface area is 144 Å². The summed E-state index contributed by atoms with van der Waals surface area (Å²) in [6, 6.07) is 2.36. The van der Waals surface area contributed by atoms with Crippen molar-refractivity contribution in [1.82, 2.24) is 24.8 Å². The van der Waals surface area contributed by atoms with Crippen molar-refractivity contribution in [2.45, 2.75) is 44.4 Å². The van der Waals surface area contributed by atoms with Crippen LogP contribution in [0.2, 0.25) is 0 Å². The molecule has 0 unspecified atom stereocenters. The number of aromatic nitrogens is 4. The molecule has 1 fully saturated rings. The molecule has 8 heteroatoms. The minimum absolute atomic E-state index is 0.110. The summed E-state index contributed by atoms with van der Waals surface area (Å²) in [5, 5.41) is 13.7. The van der Waals surface area contributed by atoms with Gasteiger partial charge in [-0.25, -0.2) is 14.8 Å². The van der Waals surface area contributed by atoms with E-state index in [1.54, 1.807) is 6.20 Å². The number of H-pyrrole nitrogens is 1. The van der Waals surface area contributed by atoms with Crippen molar-refractivity contribution in [3.05, 3.63) is 24.3 Å². The second kappa shape index (κ2) is 6.36. The number of aliphatic hydroxyl groups is 1. The molecule has 25 heavy (non-hydrogen) atoms. The number of ether oxygens (including phenoxy) is 1. The summed E-state index contributed by atoms with van der Waals surface area (Å²) in [5.74, 6) is 0.662. The van der Waals surface area contributed by atoms with Crippen LogP contribution < -0.4 is 5.32 Å². The van der Waals surface area contributed by atoms with Crippen LogP contribution in [0.15, 0.2) is 18.5 Å². The molecule has 0 spiro atoms. The topological polar surface area (TPSA) is 105 Å². The number of rotatable bonds is 3. The lowest BCUT2D eigenvalue weighted by molar-refractivity contribution is 0.160. The molecule has 1 aliphatic carbocycles. The molecule has 0 atom stereocenters. The van der Waals surface area contributed by atoms with Crippen LogP contribution in [0.4, 0.5) is 4.79 Å². The molecule has 8 nitrogen and oxygen atoms in total. The van der Waals surface area contributed by atoms with Crippen molar-refractivity contribution < 1.29 is 14.6 Å². The molecule has 0 saturated heterocycles. The number of aromatic amines is 1. The molecule has 1 amide bonds. The molecule has 1 saturated carbocycles. The molecular weight excluding hydrogens is 322 g/mol. The first-order valence-electron chi connectivity index (χ1n) is 8.49. The van der Waals surface area contributed by atoms with Crippen molar-refractivity contribution in [3.8, 4) is 0 Å². The van der Waals surface area contributed by atoms with E-state index in [4.69, 9.17) is 0 Å². The van der Waals surface area contributed by atoms with Gasteiger partial charge in [0.05, 0.1) is 18.8 Å². The van der Waals surface area contributed by atoms with Crippen LogP contribution in [-0.4, -0.2) is 43.9 Å². The van der Waals surface area contributed by atoms with Gasteiger partial charge in [-0.1, -0.05) is 0 Å². The Morgan fingerprint density at radius 1 is 1.44 bits per heavy atom. The fourth-order valence-electron chi connectivity index (χ4n) is 3.85. The number of fused-ring (bicyclic) bond motifs is 3. The predicted octanol–water partition coefficient (Wildman–Crippen LogP) is 2.24. The van der Waals surface area contributed by atoms with Gasteiger partial charge in [0, 0.05) is 23.7 Å². The second-order valence-corrected chi connectivity index (χ2v) is 6.43. The van der Waals surface area contributed by atoms with E-state index in [0.29, 0.717) is 5.82 Å². The summed E-state index contributed by atoms with van der Waals surface area (Å²) in [4.78, 5) is 23.5. The second-order valence-electron chi connectivity index (χ2n) is 6.43. The summed E-state index contributed by atoms with van der Waals surface area (Å²) in [6.45, 7) is -0.110. The fourth-order valence-corrected chi connectivity index (χ4v) is 3.85. The summed E-state index contributed by atoms with van der Waals surface area (Å²) in [6.07, 6.45) is 6.77. The molecule has 3 heterocycles. The molecule has 0 bridgehead atoms. The fraction of sp³-hybridized carbons (Fsp3) is 0.471. The molecular formula is C17H21N5O3. The van der Waals surface area contributed by atoms with Crippen molar-refractivity contribution in [3.63, 3.8) is 0 Å². The third kappa shape index (κ3) is 2.72. The number of hydrogen-bond acceptors (Lipinski definition) is 5. The molecule has 0 radical (unpaired) electrons. The summed E-state index contributed by atoms with van der Waals surface area (Å²) < 4.78 is 6.83. The Kier molecular flexibility index (Phi) is 4.04. The highest BCUT2D eigenvalue weighted by atomic mass is 16.5. The largest absolute Gasteiger partial charge is 0.453 e. The first-order valence-corrected chi connectivity index (χ1v) is 8.49. The number of nitrogens with zero attached hydrogens (tertiary/aromatic N) is 3. The average molecular weight is 343 g/mol. The Bertz CT molecular complexity index is 908. The van der Waals surface area contributed by atoms with Gasteiger partial charge in [-0.2, -0.15) is 0 Å². The lowest BCUT2D eigenvalue weighted by atomic mass is 9.91. The molecule has 0 aliphatic heterocycles. The molecule has 1 aliphatic rings. The monoisotopic (exact) mass is 343 g/mol. The maximum Gasteiger partial charge on any atom is 0.407 e. The van der Waals surface area contributed by atoms with Crippen LogP contribution in [0.25, 0.3) is 22.1 Å². The van der Waals surface area contributed by atoms with Gasteiger partial charge in [0.2, 0.25) is 0 Å². The molecule has 3 N–H and O–H groups in total. The molecule has 3 aromatic rings. The van der Waals surface area contributed by atoms with Crippen LogP contribution in [0.5, 0.6) is 0 Å². The van der Waals surface area contributed by atoms with E-state index in [9.17, 15) is 9.90 Å². The Balaban J connectivity index is 1.67. The average Bonchev–Trinajstić information content (AvgIpc) is 3.25. The number of amides is 1. The maximum absolute atomic E-state index is 11.4. The standard InChI is InChI=1S/C17H21N5O3/c1-25-17(24)20-10-2-4-11(5-3-10)22-14(9-23)21-13-8-19-16-12(15(13)22)6-7-18-16/h6-8,10-11,23H,2-5,9H2,1H3,(H,18,19)(H,20,24)/t10-,11-. The number of alkyl carbamates (subject to hydrolysis) is 1. The molecule has 132 valence electrons. The third-order valence-electron chi connectivity index (χ3n) is 5.02. The van der Waals surface area contributed by atoms with Crippen LogP contribution >= 0.6 is 0 Å². The van der Waals surface area contributed by atoms with Gasteiger partial charge in [0.25, 0.3) is 0 Å². The summed E-state index contributed by atoms with van der Waals surface area (Å²) in [7, 11) is 1.38. The predicted molar refractivity (Wildman–Crippen MR) is 92.1 cm³/mol. The van der Waals surface area contributed by atoms with Crippen molar-refractivity contribution in [1.29, 1.82) is 0 Å². The van der Waals surface area contributed by atoms with E-state index >= 15 is 0 Å². The van der Waals surface area contributed by atoms with Crippen molar-refractivity contribution >= 4 is 28.2 Å². The van der Waals surface area contributed by atoms with E-state index < -0.39 is 0 Å². The summed E-state index contributed by atoms with van der Waals surface area (Å²) >= 11 is 0. The zero-order valence-electron chi connectivity index (χ0n) is 14.0. The smallest absolute Gasteiger partial charge is 0.407 e. The third-order valence-corrected chi connectivity index (χ3v) is 5.02. The lowest BCUT2D eigenvalue weighted by Gasteiger charge is -2.30. The number of carbonyl (C=O) groups excluding carboxylic acids is 1. The van der Waals surface area contributed by atoms with Gasteiger partial charge in [-0.3, -0.25) is 0 Å². The van der Waals surface area contributed by atoms with Crippen LogP contribution in [-0.2, 0) is 11.3 Å². The van der Waals surface area contributed by atoms with E-state index in [0.717, 1.165) is 47.8 Å².